The summed E-state index contributed by atoms with van der Waals surface area (Å²) in [6, 6.07) is 12.7. The fourth-order valence-corrected chi connectivity index (χ4v) is 3.48. The van der Waals surface area contributed by atoms with Gasteiger partial charge in [-0.05, 0) is 54.2 Å². The molecule has 1 unspecified atom stereocenters. The molecule has 1 N–H and O–H groups in total. The van der Waals surface area contributed by atoms with Crippen molar-refractivity contribution in [1.29, 1.82) is 0 Å². The minimum atomic E-state index is 0.191. The molecule has 1 heterocycles. The van der Waals surface area contributed by atoms with Crippen LogP contribution in [0.1, 0.15) is 42.4 Å². The Balaban J connectivity index is 1.83. The van der Waals surface area contributed by atoms with E-state index in [9.17, 15) is 0 Å². The quantitative estimate of drug-likeness (QED) is 0.905. The minimum absolute atomic E-state index is 0.191. The van der Waals surface area contributed by atoms with Crippen LogP contribution in [0.2, 0.25) is 5.02 Å². The maximum Gasteiger partial charge on any atom is 0.0545 e. The van der Waals surface area contributed by atoms with Gasteiger partial charge in [-0.1, -0.05) is 37.6 Å². The predicted molar refractivity (Wildman–Crippen MR) is 87.5 cm³/mol. The molecule has 3 rings (SSSR count). The number of benzene rings is 1. The predicted octanol–water partition coefficient (Wildman–Crippen LogP) is 4.46. The van der Waals surface area contributed by atoms with E-state index in [4.69, 9.17) is 11.6 Å². The number of rotatable bonds is 3. The van der Waals surface area contributed by atoms with Crippen molar-refractivity contribution in [3.8, 4) is 0 Å². The SMILES string of the molecule is Cc1cccc(CNC2c3cc(Cl)ccc3CC2(C)C)n1. The number of aromatic nitrogens is 1. The lowest BCUT2D eigenvalue weighted by molar-refractivity contribution is 0.267. The molecule has 110 valence electrons. The van der Waals surface area contributed by atoms with Crippen molar-refractivity contribution in [2.45, 2.75) is 39.8 Å². The van der Waals surface area contributed by atoms with Crippen molar-refractivity contribution >= 4 is 11.6 Å². The summed E-state index contributed by atoms with van der Waals surface area (Å²) >= 11 is 6.18. The lowest BCUT2D eigenvalue weighted by atomic mass is 9.85. The molecular weight excluding hydrogens is 280 g/mol. The van der Waals surface area contributed by atoms with Crippen LogP contribution in [-0.2, 0) is 13.0 Å². The van der Waals surface area contributed by atoms with Gasteiger partial charge < -0.3 is 5.32 Å². The zero-order valence-electron chi connectivity index (χ0n) is 12.8. The number of halogens is 1. The lowest BCUT2D eigenvalue weighted by Crippen LogP contribution is -2.31. The second-order valence-electron chi connectivity index (χ2n) is 6.59. The molecule has 0 saturated heterocycles. The van der Waals surface area contributed by atoms with E-state index in [1.165, 1.54) is 11.1 Å². The number of fused-ring (bicyclic) bond motifs is 1. The molecular formula is C18H21ClN2. The van der Waals surface area contributed by atoms with Crippen LogP contribution < -0.4 is 5.32 Å². The van der Waals surface area contributed by atoms with Gasteiger partial charge >= 0.3 is 0 Å². The first-order chi connectivity index (χ1) is 9.95. The standard InChI is InChI=1S/C18H21ClN2/c1-12-5-4-6-15(21-12)11-20-17-16-9-14(19)8-7-13(16)10-18(17,2)3/h4-9,17,20H,10-11H2,1-3H3. The number of hydrogen-bond donors (Lipinski definition) is 1. The minimum Gasteiger partial charge on any atom is -0.304 e. The average Bonchev–Trinajstić information content (AvgIpc) is 2.66. The molecule has 0 fully saturated rings. The maximum atomic E-state index is 6.18. The highest BCUT2D eigenvalue weighted by atomic mass is 35.5. The largest absolute Gasteiger partial charge is 0.304 e. The summed E-state index contributed by atoms with van der Waals surface area (Å²) in [6.07, 6.45) is 1.08. The van der Waals surface area contributed by atoms with E-state index in [0.717, 1.165) is 29.4 Å². The van der Waals surface area contributed by atoms with E-state index in [0.29, 0.717) is 6.04 Å². The van der Waals surface area contributed by atoms with Crippen LogP contribution in [0.5, 0.6) is 0 Å². The molecule has 1 aliphatic carbocycles. The third-order valence-electron chi connectivity index (χ3n) is 4.28. The fourth-order valence-electron chi connectivity index (χ4n) is 3.30. The summed E-state index contributed by atoms with van der Waals surface area (Å²) in [6.45, 7) is 7.42. The molecule has 1 aliphatic rings. The van der Waals surface area contributed by atoms with Crippen LogP contribution in [-0.4, -0.2) is 4.98 Å². The Bertz CT molecular complexity index is 664. The van der Waals surface area contributed by atoms with Crippen LogP contribution in [0.3, 0.4) is 0 Å². The molecule has 2 aromatic rings. The normalized spacial score (nSPS) is 19.5. The Hall–Kier alpha value is -1.38. The van der Waals surface area contributed by atoms with Crippen LogP contribution in [0.15, 0.2) is 36.4 Å². The van der Waals surface area contributed by atoms with Crippen molar-refractivity contribution in [3.63, 3.8) is 0 Å². The van der Waals surface area contributed by atoms with Crippen LogP contribution >= 0.6 is 11.6 Å². The fraction of sp³-hybridized carbons (Fsp3) is 0.389. The Labute approximate surface area is 131 Å². The number of aryl methyl sites for hydroxylation is 1. The van der Waals surface area contributed by atoms with Crippen LogP contribution in [0.4, 0.5) is 0 Å². The van der Waals surface area contributed by atoms with Crippen LogP contribution in [0.25, 0.3) is 0 Å². The van der Waals surface area contributed by atoms with Gasteiger partial charge in [0.15, 0.2) is 0 Å². The van der Waals surface area contributed by atoms with Gasteiger partial charge in [-0.15, -0.1) is 0 Å². The second kappa shape index (κ2) is 5.43. The molecule has 0 bridgehead atoms. The monoisotopic (exact) mass is 300 g/mol. The molecule has 0 amide bonds. The molecule has 1 atom stereocenters. The van der Waals surface area contributed by atoms with Crippen LogP contribution in [0, 0.1) is 12.3 Å². The van der Waals surface area contributed by atoms with Crippen molar-refractivity contribution in [2.75, 3.05) is 0 Å². The Kier molecular flexibility index (Phi) is 3.76. The van der Waals surface area contributed by atoms with Gasteiger partial charge in [-0.25, -0.2) is 0 Å². The first kappa shape index (κ1) is 14.6. The third kappa shape index (κ3) is 2.97. The molecule has 0 saturated carbocycles. The van der Waals surface area contributed by atoms with Gasteiger partial charge in [0.1, 0.15) is 0 Å². The molecule has 2 nitrogen and oxygen atoms in total. The molecule has 1 aromatic carbocycles. The summed E-state index contributed by atoms with van der Waals surface area (Å²) in [5.74, 6) is 0. The van der Waals surface area contributed by atoms with E-state index < -0.39 is 0 Å². The van der Waals surface area contributed by atoms with E-state index in [-0.39, 0.29) is 5.41 Å². The van der Waals surface area contributed by atoms with E-state index in [1.54, 1.807) is 0 Å². The van der Waals surface area contributed by atoms with E-state index in [1.807, 2.05) is 19.1 Å². The Morgan fingerprint density at radius 2 is 2.10 bits per heavy atom. The van der Waals surface area contributed by atoms with Gasteiger partial charge in [0.05, 0.1) is 5.69 Å². The highest BCUT2D eigenvalue weighted by Crippen LogP contribution is 2.45. The molecule has 0 aliphatic heterocycles. The van der Waals surface area contributed by atoms with E-state index in [2.05, 4.69) is 48.4 Å². The zero-order chi connectivity index (χ0) is 15.0. The summed E-state index contributed by atoms with van der Waals surface area (Å²) in [7, 11) is 0. The zero-order valence-corrected chi connectivity index (χ0v) is 13.5. The first-order valence-corrected chi connectivity index (χ1v) is 7.78. The molecule has 1 aromatic heterocycles. The number of nitrogens with one attached hydrogen (secondary N) is 1. The Morgan fingerprint density at radius 3 is 2.86 bits per heavy atom. The van der Waals surface area contributed by atoms with Gasteiger partial charge in [0.2, 0.25) is 0 Å². The smallest absolute Gasteiger partial charge is 0.0545 e. The summed E-state index contributed by atoms with van der Waals surface area (Å²) in [4.78, 5) is 4.57. The summed E-state index contributed by atoms with van der Waals surface area (Å²) in [5.41, 5.74) is 5.07. The first-order valence-electron chi connectivity index (χ1n) is 7.40. The molecule has 3 heteroatoms. The highest BCUT2D eigenvalue weighted by molar-refractivity contribution is 6.30. The Morgan fingerprint density at radius 1 is 1.29 bits per heavy atom. The van der Waals surface area contributed by atoms with Gasteiger partial charge in [-0.3, -0.25) is 4.98 Å². The van der Waals surface area contributed by atoms with Gasteiger partial charge in [0.25, 0.3) is 0 Å². The summed E-state index contributed by atoms with van der Waals surface area (Å²) < 4.78 is 0. The van der Waals surface area contributed by atoms with Crippen molar-refractivity contribution in [1.82, 2.24) is 10.3 Å². The second-order valence-corrected chi connectivity index (χ2v) is 7.03. The average molecular weight is 301 g/mol. The lowest BCUT2D eigenvalue weighted by Gasteiger charge is -2.28. The van der Waals surface area contributed by atoms with Crippen molar-refractivity contribution in [2.24, 2.45) is 5.41 Å². The van der Waals surface area contributed by atoms with Gasteiger partial charge in [0, 0.05) is 23.3 Å². The third-order valence-corrected chi connectivity index (χ3v) is 4.51. The number of hydrogen-bond acceptors (Lipinski definition) is 2. The molecule has 21 heavy (non-hydrogen) atoms. The van der Waals surface area contributed by atoms with Gasteiger partial charge in [-0.2, -0.15) is 0 Å². The van der Waals surface area contributed by atoms with E-state index >= 15 is 0 Å². The molecule has 0 spiro atoms. The van der Waals surface area contributed by atoms with Crippen molar-refractivity contribution < 1.29 is 0 Å². The maximum absolute atomic E-state index is 6.18. The topological polar surface area (TPSA) is 24.9 Å². The van der Waals surface area contributed by atoms with Crippen molar-refractivity contribution in [3.05, 3.63) is 63.9 Å². The number of pyridine rings is 1. The number of nitrogens with zero attached hydrogens (tertiary/aromatic N) is 1. The summed E-state index contributed by atoms with van der Waals surface area (Å²) in [5, 5.41) is 4.49. The molecule has 0 radical (unpaired) electrons. The highest BCUT2D eigenvalue weighted by Gasteiger charge is 2.38.